The molecule has 1 amide bonds. The van der Waals surface area contributed by atoms with Gasteiger partial charge in [-0.05, 0) is 49.1 Å². The van der Waals surface area contributed by atoms with Crippen LogP contribution in [0.15, 0.2) is 67.1 Å². The lowest BCUT2D eigenvalue weighted by Crippen LogP contribution is -2.32. The molecule has 0 bridgehead atoms. The zero-order valence-corrected chi connectivity index (χ0v) is 19.9. The number of methoxy groups -OCH3 is 1. The summed E-state index contributed by atoms with van der Waals surface area (Å²) in [6.07, 6.45) is 7.14. The number of imidazole rings is 1. The fourth-order valence-corrected chi connectivity index (χ4v) is 4.75. The zero-order chi connectivity index (χ0) is 24.4. The highest BCUT2D eigenvalue weighted by Crippen LogP contribution is 2.38. The van der Waals surface area contributed by atoms with Gasteiger partial charge in [-0.25, -0.2) is 15.0 Å². The van der Waals surface area contributed by atoms with Crippen LogP contribution in [0.5, 0.6) is 5.75 Å². The molecule has 0 aliphatic carbocycles. The van der Waals surface area contributed by atoms with Gasteiger partial charge in [0.1, 0.15) is 11.6 Å². The second-order valence-corrected chi connectivity index (χ2v) is 8.68. The van der Waals surface area contributed by atoms with E-state index in [2.05, 4.69) is 15.0 Å². The average Bonchev–Trinajstić information content (AvgIpc) is 3.53. The van der Waals surface area contributed by atoms with Gasteiger partial charge in [-0.1, -0.05) is 30.3 Å². The monoisotopic (exact) mass is 468 g/mol. The number of aromatic nitrogens is 4. The number of nitrogens with two attached hydrogens (primary N) is 1. The Bertz CT molecular complexity index is 1370. The Balaban J connectivity index is 1.51. The van der Waals surface area contributed by atoms with E-state index < -0.39 is 0 Å². The Kier molecular flexibility index (Phi) is 6.18. The van der Waals surface area contributed by atoms with Crippen LogP contribution in [-0.2, 0) is 6.54 Å². The second-order valence-electron chi connectivity index (χ2n) is 8.68. The number of hydrogen-bond acceptors (Lipinski definition) is 6. The van der Waals surface area contributed by atoms with Gasteiger partial charge < -0.3 is 19.9 Å². The smallest absolute Gasteiger partial charge is 0.254 e. The maximum Gasteiger partial charge on any atom is 0.254 e. The van der Waals surface area contributed by atoms with E-state index in [4.69, 9.17) is 10.5 Å². The molecule has 0 spiro atoms. The van der Waals surface area contributed by atoms with E-state index in [-0.39, 0.29) is 17.9 Å². The molecular formula is C27H28N6O2. The van der Waals surface area contributed by atoms with E-state index in [1.165, 1.54) is 0 Å². The normalized spacial score (nSPS) is 15.4. The first-order valence-electron chi connectivity index (χ1n) is 11.7. The number of nitrogens with zero attached hydrogens (tertiary/aromatic N) is 5. The minimum Gasteiger partial charge on any atom is -0.497 e. The number of carbonyl (C=O) groups excluding carboxylic acids is 1. The molecule has 2 N–H and O–H groups in total. The fraction of sp³-hybridized carbons (Fsp3) is 0.259. The molecule has 1 unspecified atom stereocenters. The standard InChI is InChI=1S/C27H28N6O2/c1-18-29-12-14-32(18)17-20-7-3-4-10-22(20)26(34)33-13-6-11-24(33)25-23(16-30-27(28)31-25)19-8-5-9-21(15-19)35-2/h3-5,7-10,12,14-16,24H,6,11,13,17H2,1-2H3,(H2,28,30,31). The van der Waals surface area contributed by atoms with Crippen molar-refractivity contribution in [2.45, 2.75) is 32.4 Å². The predicted molar refractivity (Wildman–Crippen MR) is 134 cm³/mol. The van der Waals surface area contributed by atoms with E-state index in [9.17, 15) is 4.79 Å². The maximum absolute atomic E-state index is 13.9. The number of hydrogen-bond donors (Lipinski definition) is 1. The first-order valence-corrected chi connectivity index (χ1v) is 11.7. The van der Waals surface area contributed by atoms with Crippen molar-refractivity contribution in [2.24, 2.45) is 0 Å². The molecule has 0 radical (unpaired) electrons. The second kappa shape index (κ2) is 9.58. The van der Waals surface area contributed by atoms with E-state index in [0.29, 0.717) is 18.7 Å². The summed E-state index contributed by atoms with van der Waals surface area (Å²) < 4.78 is 7.45. The third-order valence-electron chi connectivity index (χ3n) is 6.56. The van der Waals surface area contributed by atoms with Crippen molar-refractivity contribution in [1.82, 2.24) is 24.4 Å². The third-order valence-corrected chi connectivity index (χ3v) is 6.56. The number of aryl methyl sites for hydroxylation is 1. The van der Waals surface area contributed by atoms with E-state index in [1.807, 2.05) is 71.1 Å². The highest BCUT2D eigenvalue weighted by atomic mass is 16.5. The molecule has 1 aliphatic heterocycles. The predicted octanol–water partition coefficient (Wildman–Crippen LogP) is 4.26. The number of amides is 1. The molecule has 8 nitrogen and oxygen atoms in total. The number of likely N-dealkylation sites (tertiary alicyclic amines) is 1. The van der Waals surface area contributed by atoms with Gasteiger partial charge in [-0.2, -0.15) is 0 Å². The first-order chi connectivity index (χ1) is 17.0. The SMILES string of the molecule is COc1cccc(-c2cnc(N)nc2C2CCCN2C(=O)c2ccccc2Cn2ccnc2C)c1. The summed E-state index contributed by atoms with van der Waals surface area (Å²) in [6, 6.07) is 15.3. The number of anilines is 1. The Morgan fingerprint density at radius 1 is 1.17 bits per heavy atom. The van der Waals surface area contributed by atoms with Crippen LogP contribution in [0.4, 0.5) is 5.95 Å². The Morgan fingerprint density at radius 2 is 2.03 bits per heavy atom. The number of rotatable bonds is 6. The largest absolute Gasteiger partial charge is 0.497 e. The van der Waals surface area contributed by atoms with Crippen LogP contribution < -0.4 is 10.5 Å². The van der Waals surface area contributed by atoms with E-state index in [0.717, 1.165) is 46.8 Å². The highest BCUT2D eigenvalue weighted by molar-refractivity contribution is 5.96. The summed E-state index contributed by atoms with van der Waals surface area (Å²) in [7, 11) is 1.64. The molecule has 3 heterocycles. The summed E-state index contributed by atoms with van der Waals surface area (Å²) in [5.74, 6) is 1.84. The fourth-order valence-electron chi connectivity index (χ4n) is 4.75. The van der Waals surface area contributed by atoms with Crippen molar-refractivity contribution in [2.75, 3.05) is 19.4 Å². The molecular weight excluding hydrogens is 440 g/mol. The van der Waals surface area contributed by atoms with Gasteiger partial charge in [-0.3, -0.25) is 4.79 Å². The number of nitrogen functional groups attached to an aromatic ring is 1. The van der Waals surface area contributed by atoms with Crippen LogP contribution in [0, 0.1) is 6.92 Å². The van der Waals surface area contributed by atoms with Crippen LogP contribution in [0.3, 0.4) is 0 Å². The summed E-state index contributed by atoms with van der Waals surface area (Å²) in [5.41, 5.74) is 10.2. The maximum atomic E-state index is 13.9. The summed E-state index contributed by atoms with van der Waals surface area (Å²) in [6.45, 7) is 3.20. The lowest BCUT2D eigenvalue weighted by molar-refractivity contribution is 0.0732. The van der Waals surface area contributed by atoms with Crippen molar-refractivity contribution in [1.29, 1.82) is 0 Å². The zero-order valence-electron chi connectivity index (χ0n) is 19.9. The number of benzene rings is 2. The molecule has 1 aliphatic rings. The van der Waals surface area contributed by atoms with Gasteiger partial charge in [0, 0.05) is 42.8 Å². The van der Waals surface area contributed by atoms with Crippen molar-refractivity contribution in [3.63, 3.8) is 0 Å². The Morgan fingerprint density at radius 3 is 2.83 bits per heavy atom. The molecule has 2 aromatic carbocycles. The molecule has 1 saturated heterocycles. The molecule has 4 aromatic rings. The number of ether oxygens (including phenoxy) is 1. The molecule has 35 heavy (non-hydrogen) atoms. The van der Waals surface area contributed by atoms with E-state index in [1.54, 1.807) is 19.5 Å². The summed E-state index contributed by atoms with van der Waals surface area (Å²) in [5, 5.41) is 0. The third kappa shape index (κ3) is 4.47. The molecule has 1 fully saturated rings. The average molecular weight is 469 g/mol. The van der Waals surface area contributed by atoms with E-state index >= 15 is 0 Å². The quantitative estimate of drug-likeness (QED) is 0.454. The molecule has 1 atom stereocenters. The van der Waals surface area contributed by atoms with Crippen LogP contribution >= 0.6 is 0 Å². The molecule has 5 rings (SSSR count). The van der Waals surface area contributed by atoms with Crippen LogP contribution in [-0.4, -0.2) is 44.0 Å². The molecule has 2 aromatic heterocycles. The van der Waals surface area contributed by atoms with Gasteiger partial charge in [0.25, 0.3) is 5.91 Å². The molecule has 8 heteroatoms. The van der Waals surface area contributed by atoms with Gasteiger partial charge in [0.05, 0.1) is 18.8 Å². The number of carbonyl (C=O) groups is 1. The molecule has 0 saturated carbocycles. The first kappa shape index (κ1) is 22.6. The Labute approximate surface area is 204 Å². The highest BCUT2D eigenvalue weighted by Gasteiger charge is 2.34. The minimum absolute atomic E-state index is 0.00496. The van der Waals surface area contributed by atoms with Crippen molar-refractivity contribution < 1.29 is 9.53 Å². The van der Waals surface area contributed by atoms with Crippen LogP contribution in [0.2, 0.25) is 0 Å². The van der Waals surface area contributed by atoms with Crippen molar-refractivity contribution in [3.05, 3.63) is 89.8 Å². The van der Waals surface area contributed by atoms with Gasteiger partial charge >= 0.3 is 0 Å². The topological polar surface area (TPSA) is 99.2 Å². The van der Waals surface area contributed by atoms with Gasteiger partial charge in [0.2, 0.25) is 5.95 Å². The van der Waals surface area contributed by atoms with Crippen LogP contribution in [0.25, 0.3) is 11.1 Å². The molecule has 178 valence electrons. The van der Waals surface area contributed by atoms with Crippen molar-refractivity contribution >= 4 is 11.9 Å². The van der Waals surface area contributed by atoms with Gasteiger partial charge in [0.15, 0.2) is 0 Å². The Hall–Kier alpha value is -4.20. The lowest BCUT2D eigenvalue weighted by atomic mass is 9.99. The minimum atomic E-state index is -0.197. The summed E-state index contributed by atoms with van der Waals surface area (Å²) in [4.78, 5) is 29.0. The summed E-state index contributed by atoms with van der Waals surface area (Å²) >= 11 is 0. The van der Waals surface area contributed by atoms with Crippen LogP contribution in [0.1, 0.15) is 46.3 Å². The lowest BCUT2D eigenvalue weighted by Gasteiger charge is -2.27. The van der Waals surface area contributed by atoms with Crippen molar-refractivity contribution in [3.8, 4) is 16.9 Å². The van der Waals surface area contributed by atoms with Gasteiger partial charge in [-0.15, -0.1) is 0 Å².